The van der Waals surface area contributed by atoms with Crippen LogP contribution in [-0.2, 0) is 96.7 Å². The second-order valence-electron chi connectivity index (χ2n) is 30.5. The van der Waals surface area contributed by atoms with Gasteiger partial charge in [0.05, 0.1) is 66.2 Å². The van der Waals surface area contributed by atoms with Gasteiger partial charge in [0.25, 0.3) is 29.5 Å². The van der Waals surface area contributed by atoms with Crippen LogP contribution >= 0.6 is 104 Å². The smallest absolute Gasteiger partial charge is 0.288 e. The van der Waals surface area contributed by atoms with E-state index in [2.05, 4.69) is 38.5 Å². The van der Waals surface area contributed by atoms with Gasteiger partial charge in [0.1, 0.15) is 34.9 Å². The average Bonchev–Trinajstić information content (AvgIpc) is 0.813. The molecule has 0 spiro atoms. The molecule has 0 bridgehead atoms. The first-order valence-corrected chi connectivity index (χ1v) is 43.4. The Morgan fingerprint density at radius 3 is 0.908 bits per heavy atom. The van der Waals surface area contributed by atoms with Crippen LogP contribution in [0.25, 0.3) is 0 Å². The van der Waals surface area contributed by atoms with E-state index in [4.69, 9.17) is 116 Å². The molecule has 0 saturated heterocycles. The molecule has 0 aliphatic heterocycles. The summed E-state index contributed by atoms with van der Waals surface area (Å²) in [7, 11) is 0. The summed E-state index contributed by atoms with van der Waals surface area (Å²) in [6.45, 7) is 16.2. The Morgan fingerprint density at radius 2 is 0.638 bits per heavy atom. The second kappa shape index (κ2) is 51.2. The highest BCUT2D eigenvalue weighted by Crippen LogP contribution is 2.33. The Balaban J connectivity index is 0.000000250. The third-order valence-corrected chi connectivity index (χ3v) is 22.5. The van der Waals surface area contributed by atoms with E-state index in [-0.39, 0.29) is 82.7 Å². The molecule has 5 amide bonds. The molecule has 10 rings (SSSR count). The maximum Gasteiger partial charge on any atom is 0.288 e. The molecule has 11 N–H and O–H groups in total. The minimum Gasteiger partial charge on any atom is -0.394 e. The molecule has 0 aromatic heterocycles. The second-order valence-corrected chi connectivity index (χ2v) is 34.3. The Hall–Kier alpha value is -10.7. The number of benzene rings is 10. The summed E-state index contributed by atoms with van der Waals surface area (Å²) in [4.78, 5) is 123. The van der Waals surface area contributed by atoms with Gasteiger partial charge in [-0.15, -0.1) is 0 Å². The zero-order chi connectivity index (χ0) is 96.7. The highest BCUT2D eigenvalue weighted by molar-refractivity contribution is 6.40. The normalized spacial score (nSPS) is 12.6. The van der Waals surface area contributed by atoms with Gasteiger partial charge in [0.15, 0.2) is 0 Å². The maximum absolute atomic E-state index is 13.5. The Bertz CT molecular complexity index is 5480. The van der Waals surface area contributed by atoms with Crippen molar-refractivity contribution >= 4 is 163 Å². The number of aliphatic hydroxyl groups excluding tert-OH is 1. The number of amides is 5. The van der Waals surface area contributed by atoms with Gasteiger partial charge in [0, 0.05) is 65.3 Å². The molecule has 0 aliphatic rings. The Morgan fingerprint density at radius 1 is 0.369 bits per heavy atom. The molecule has 0 radical (unpaired) electrons. The number of aliphatic hydroxyl groups is 1. The summed E-state index contributed by atoms with van der Waals surface area (Å²) in [6.07, 6.45) is 1.58. The summed E-state index contributed by atoms with van der Waals surface area (Å²) in [5.41, 5.74) is 15.7. The number of halogens is 15. The van der Waals surface area contributed by atoms with Gasteiger partial charge in [-0.25, -0.2) is 26.3 Å². The number of nitrogens with one attached hydrogen (secondary N) is 6. The fourth-order valence-corrected chi connectivity index (χ4v) is 14.1. The number of Topliss-reactive ketones (excluding diaryl/α,β-unsaturated/α-hetero) is 5. The molecule has 130 heavy (non-hydrogen) atoms. The molecular formula is C96H93Cl9F6N8O11. The third kappa shape index (κ3) is 33.6. The van der Waals surface area contributed by atoms with Crippen LogP contribution < -0.4 is 43.4 Å². The number of ketones is 5. The number of carbonyl (C=O) groups excluding carboxylic acids is 10. The monoisotopic (exact) mass is 1960 g/mol. The molecule has 0 heterocycles. The van der Waals surface area contributed by atoms with Crippen molar-refractivity contribution in [2.24, 2.45) is 11.5 Å². The molecular weight excluding hydrogens is 1870 g/mol. The van der Waals surface area contributed by atoms with Crippen molar-refractivity contribution < 1.29 is 79.4 Å². The van der Waals surface area contributed by atoms with E-state index < -0.39 is 122 Å². The van der Waals surface area contributed by atoms with Gasteiger partial charge in [0.2, 0.25) is 28.9 Å². The van der Waals surface area contributed by atoms with E-state index in [1.807, 2.05) is 64.1 Å². The summed E-state index contributed by atoms with van der Waals surface area (Å²) < 4.78 is 80.6. The lowest BCUT2D eigenvalue weighted by Gasteiger charge is -2.32. The number of rotatable bonds is 34. The van der Waals surface area contributed by atoms with Gasteiger partial charge in [-0.05, 0) is 200 Å². The van der Waals surface area contributed by atoms with Gasteiger partial charge in [-0.3, -0.25) is 47.9 Å². The van der Waals surface area contributed by atoms with Crippen LogP contribution in [0.5, 0.6) is 0 Å². The number of carbonyl (C=O) groups is 10. The van der Waals surface area contributed by atoms with E-state index in [9.17, 15) is 79.4 Å². The van der Waals surface area contributed by atoms with Crippen LogP contribution in [0, 0.1) is 48.8 Å². The van der Waals surface area contributed by atoms with Gasteiger partial charge >= 0.3 is 0 Å². The molecule has 34 heteroatoms. The fourth-order valence-electron chi connectivity index (χ4n) is 12.4. The van der Waals surface area contributed by atoms with Crippen LogP contribution in [0.1, 0.15) is 139 Å². The number of nitrogens with two attached hydrogens (primary N) is 2. The van der Waals surface area contributed by atoms with Crippen LogP contribution in [0.2, 0.25) is 45.2 Å². The van der Waals surface area contributed by atoms with Crippen LogP contribution in [0.15, 0.2) is 213 Å². The average molecular weight is 1970 g/mol. The van der Waals surface area contributed by atoms with Crippen molar-refractivity contribution in [3.63, 3.8) is 0 Å². The van der Waals surface area contributed by atoms with Crippen LogP contribution in [-0.4, -0.2) is 83.3 Å². The van der Waals surface area contributed by atoms with E-state index in [0.29, 0.717) is 83.0 Å². The first-order valence-electron chi connectivity index (χ1n) is 40.0. The van der Waals surface area contributed by atoms with Crippen molar-refractivity contribution in [2.75, 3.05) is 19.7 Å². The highest BCUT2D eigenvalue weighted by Gasteiger charge is 2.35. The van der Waals surface area contributed by atoms with Crippen molar-refractivity contribution in [3.8, 4) is 0 Å². The first-order chi connectivity index (χ1) is 61.2. The summed E-state index contributed by atoms with van der Waals surface area (Å²) in [5.74, 6) is -10.9. The van der Waals surface area contributed by atoms with Gasteiger partial charge < -0.3 is 48.5 Å². The molecule has 5 atom stereocenters. The maximum atomic E-state index is 13.5. The molecule has 5 unspecified atom stereocenters. The van der Waals surface area contributed by atoms with Crippen LogP contribution in [0.4, 0.5) is 26.3 Å². The lowest BCUT2D eigenvalue weighted by atomic mass is 9.91. The summed E-state index contributed by atoms with van der Waals surface area (Å²) in [6, 6.07) is 49.3. The zero-order valence-electron chi connectivity index (χ0n) is 71.3. The molecule has 0 saturated carbocycles. The largest absolute Gasteiger partial charge is 0.394 e. The van der Waals surface area contributed by atoms with Crippen molar-refractivity contribution in [1.82, 2.24) is 31.9 Å². The number of aryl methyl sites for hydroxylation is 2. The fraction of sp³-hybridized carbons (Fsp3) is 0.250. The molecule has 0 fully saturated rings. The van der Waals surface area contributed by atoms with Crippen molar-refractivity contribution in [1.29, 1.82) is 0 Å². The van der Waals surface area contributed by atoms with E-state index in [1.165, 1.54) is 84.9 Å². The molecule has 19 nitrogen and oxygen atoms in total. The highest BCUT2D eigenvalue weighted by atomic mass is 35.5. The molecule has 10 aromatic carbocycles. The SMILES string of the molecule is C=C(N)NCC(C)(NC(=O)C(=O)Cc1ccc(Cl)c(F)c1)c1ccc(F)cc1.CCCC(NC(=O)C(=O)Cc1ccc(Cl)c(F)c1)c1ccc(Cl)cc1Cl.CCCC(NC(=O)C(=O)Cc1ccc(Cl)c(F)c1)c1ccc(Cl)cc1Cl.Cc1ccc(C(C)(CN)NC(=O)C(=O)Cc2ccc(Cl)c(F)c2)cc1.Cc1ccc(C(C)(CO)NC(=O)C(=O)Cc2ccc(Cl)c(F)c2)cc1. The van der Waals surface area contributed by atoms with E-state index in [1.54, 1.807) is 69.3 Å². The minimum absolute atomic E-state index is 0.0317. The molecule has 10 aromatic rings. The number of hydrogen-bond donors (Lipinski definition) is 9. The minimum atomic E-state index is -1.09. The Kier molecular flexibility index (Phi) is 42.6. The van der Waals surface area contributed by atoms with E-state index in [0.717, 1.165) is 59.9 Å². The molecule has 0 aliphatic carbocycles. The summed E-state index contributed by atoms with van der Waals surface area (Å²) in [5, 5.41) is 27.4. The topological polar surface area (TPSA) is 315 Å². The van der Waals surface area contributed by atoms with Gasteiger partial charge in [-0.1, -0.05) is 252 Å². The quantitative estimate of drug-likeness (QED) is 0.0134. The van der Waals surface area contributed by atoms with Gasteiger partial charge in [-0.2, -0.15) is 0 Å². The predicted octanol–water partition coefficient (Wildman–Crippen LogP) is 19.7. The predicted molar refractivity (Wildman–Crippen MR) is 498 cm³/mol. The van der Waals surface area contributed by atoms with Crippen molar-refractivity contribution in [3.05, 3.63) is 359 Å². The van der Waals surface area contributed by atoms with Crippen molar-refractivity contribution in [2.45, 2.75) is 135 Å². The standard InChI is InChI=1S/C20H20ClF2N3O2.2C19H17Cl3FNO2.C19H20ClFN2O2.C19H19ClFNO3/c1-12(24)25-11-20(2,14-4-6-15(22)7-5-14)26-19(28)18(27)10-13-3-8-16(21)17(23)9-13;2*1-2-3-17(13-6-5-12(20)10-15(13)22)24-19(26)18(25)9-11-4-7-14(21)16(23)8-11;1-12-3-6-14(7-4-12)19(2,11-22)23-18(25)17(24)10-13-5-8-15(20)16(21)9-13;1-12-3-6-14(7-4-12)19(2,11-23)22-18(25)17(24)10-13-5-8-15(20)16(21)9-13/h3-9,25H,1,10-11,24H2,2H3,(H,26,28);2*4-8,10,17H,2-3,9H2,1H3,(H,24,26);3-9H,10-11,22H2,1-2H3,(H,23,25);3-9,23H,10-11H2,1-2H3,(H,22,25). The molecule has 688 valence electrons. The lowest BCUT2D eigenvalue weighted by Crippen LogP contribution is -2.52. The van der Waals surface area contributed by atoms with E-state index >= 15 is 0 Å². The van der Waals surface area contributed by atoms with Crippen LogP contribution in [0.3, 0.4) is 0 Å². The summed E-state index contributed by atoms with van der Waals surface area (Å²) >= 11 is 52.3. The lowest BCUT2D eigenvalue weighted by molar-refractivity contribution is -0.139. The first kappa shape index (κ1) is 108. The Labute approximate surface area is 794 Å². The zero-order valence-corrected chi connectivity index (χ0v) is 78.1. The number of hydrogen-bond acceptors (Lipinski definition) is 14. The third-order valence-electron chi connectivity index (χ3n) is 19.9.